The molecule has 7 heteroatoms. The molecule has 1 saturated heterocycles. The zero-order chi connectivity index (χ0) is 15.5. The van der Waals surface area contributed by atoms with Gasteiger partial charge in [0.2, 0.25) is 11.8 Å². The molecular weight excluding hydrogens is 282 g/mol. The molecule has 22 heavy (non-hydrogen) atoms. The number of amides is 2. The molecule has 0 unspecified atom stereocenters. The normalized spacial score (nSPS) is 16.0. The number of pyridine rings is 1. The second-order valence-electron chi connectivity index (χ2n) is 5.56. The summed E-state index contributed by atoms with van der Waals surface area (Å²) in [5, 5.41) is 7.23. The third-order valence-corrected chi connectivity index (χ3v) is 4.01. The number of fused-ring (bicyclic) bond motifs is 1. The van der Waals surface area contributed by atoms with Crippen LogP contribution in [0.25, 0.3) is 11.0 Å². The first-order valence-electron chi connectivity index (χ1n) is 7.45. The molecule has 1 aliphatic heterocycles. The van der Waals surface area contributed by atoms with Gasteiger partial charge in [0.15, 0.2) is 0 Å². The van der Waals surface area contributed by atoms with Crippen molar-refractivity contribution in [3.8, 4) is 0 Å². The zero-order valence-electron chi connectivity index (χ0n) is 12.5. The molecule has 0 aliphatic carbocycles. The van der Waals surface area contributed by atoms with E-state index in [1.54, 1.807) is 24.0 Å². The van der Waals surface area contributed by atoms with Crippen LogP contribution in [0.3, 0.4) is 0 Å². The van der Waals surface area contributed by atoms with E-state index in [4.69, 9.17) is 0 Å². The third-order valence-electron chi connectivity index (χ3n) is 4.01. The van der Waals surface area contributed by atoms with Gasteiger partial charge in [0.1, 0.15) is 12.1 Å². The predicted octanol–water partition coefficient (Wildman–Crippen LogP) is 0.558. The summed E-state index contributed by atoms with van der Waals surface area (Å²) in [5.74, 6) is 0.0374. The van der Waals surface area contributed by atoms with Gasteiger partial charge in [0, 0.05) is 32.3 Å². The van der Waals surface area contributed by atoms with E-state index in [1.807, 2.05) is 17.0 Å². The molecule has 3 heterocycles. The Kier molecular flexibility index (Phi) is 4.04. The largest absolute Gasteiger partial charge is 0.352 e. The molecule has 0 radical (unpaired) electrons. The molecule has 2 amide bonds. The summed E-state index contributed by atoms with van der Waals surface area (Å²) in [6.07, 6.45) is 4.96. The summed E-state index contributed by atoms with van der Waals surface area (Å²) in [6, 6.07) is 3.85. The number of nitrogens with one attached hydrogen (secondary N) is 1. The Balaban J connectivity index is 1.56. The van der Waals surface area contributed by atoms with Crippen LogP contribution in [0.5, 0.6) is 0 Å². The first-order chi connectivity index (χ1) is 10.6. The minimum atomic E-state index is -0.0601. The van der Waals surface area contributed by atoms with Crippen LogP contribution in [-0.4, -0.2) is 50.6 Å². The van der Waals surface area contributed by atoms with Crippen LogP contribution < -0.4 is 5.32 Å². The van der Waals surface area contributed by atoms with Gasteiger partial charge in [0.25, 0.3) is 0 Å². The average molecular weight is 301 g/mol. The highest BCUT2D eigenvalue weighted by Gasteiger charge is 2.22. The van der Waals surface area contributed by atoms with Crippen LogP contribution in [-0.2, 0) is 16.1 Å². The number of carbonyl (C=O) groups excluding carboxylic acids is 2. The summed E-state index contributed by atoms with van der Waals surface area (Å²) in [7, 11) is 0. The van der Waals surface area contributed by atoms with Gasteiger partial charge < -0.3 is 10.2 Å². The molecule has 0 saturated carbocycles. The van der Waals surface area contributed by atoms with Crippen molar-refractivity contribution in [3.05, 3.63) is 24.5 Å². The van der Waals surface area contributed by atoms with Crippen molar-refractivity contribution in [1.82, 2.24) is 25.0 Å². The molecule has 0 spiro atoms. The molecule has 2 aromatic heterocycles. The van der Waals surface area contributed by atoms with Crippen molar-refractivity contribution in [3.63, 3.8) is 0 Å². The number of hydrogen-bond donors (Lipinski definition) is 1. The number of likely N-dealkylation sites (tertiary alicyclic amines) is 1. The number of aromatic nitrogens is 3. The van der Waals surface area contributed by atoms with E-state index >= 15 is 0 Å². The third kappa shape index (κ3) is 3.08. The highest BCUT2D eigenvalue weighted by atomic mass is 16.2. The summed E-state index contributed by atoms with van der Waals surface area (Å²) in [4.78, 5) is 29.5. The van der Waals surface area contributed by atoms with Crippen LogP contribution in [0.1, 0.15) is 19.8 Å². The number of hydrogen-bond acceptors (Lipinski definition) is 4. The lowest BCUT2D eigenvalue weighted by Gasteiger charge is -2.31. The molecule has 2 aromatic rings. The second-order valence-corrected chi connectivity index (χ2v) is 5.56. The van der Waals surface area contributed by atoms with Gasteiger partial charge in [0.05, 0.1) is 11.7 Å². The van der Waals surface area contributed by atoms with Crippen LogP contribution in [0.4, 0.5) is 0 Å². The highest BCUT2D eigenvalue weighted by molar-refractivity contribution is 5.80. The van der Waals surface area contributed by atoms with Crippen LogP contribution in [0.15, 0.2) is 24.5 Å². The van der Waals surface area contributed by atoms with Crippen molar-refractivity contribution in [2.45, 2.75) is 32.4 Å². The average Bonchev–Trinajstić information content (AvgIpc) is 2.91. The fourth-order valence-electron chi connectivity index (χ4n) is 2.79. The maximum atomic E-state index is 12.2. The van der Waals surface area contributed by atoms with Crippen molar-refractivity contribution in [2.75, 3.05) is 13.1 Å². The Bertz CT molecular complexity index is 688. The molecule has 0 aromatic carbocycles. The predicted molar refractivity (Wildman–Crippen MR) is 80.9 cm³/mol. The van der Waals surface area contributed by atoms with E-state index in [1.165, 1.54) is 0 Å². The zero-order valence-corrected chi connectivity index (χ0v) is 12.5. The summed E-state index contributed by atoms with van der Waals surface area (Å²) >= 11 is 0. The molecule has 116 valence electrons. The minimum absolute atomic E-state index is 0.0601. The van der Waals surface area contributed by atoms with Crippen molar-refractivity contribution < 1.29 is 9.59 Å². The lowest BCUT2D eigenvalue weighted by atomic mass is 10.1. The van der Waals surface area contributed by atoms with E-state index in [0.717, 1.165) is 23.9 Å². The summed E-state index contributed by atoms with van der Waals surface area (Å²) in [6.45, 7) is 3.17. The van der Waals surface area contributed by atoms with E-state index in [-0.39, 0.29) is 24.4 Å². The van der Waals surface area contributed by atoms with Crippen molar-refractivity contribution in [1.29, 1.82) is 0 Å². The summed E-state index contributed by atoms with van der Waals surface area (Å²) in [5.41, 5.74) is 1.63. The Hall–Kier alpha value is -2.44. The number of nitrogens with zero attached hydrogens (tertiary/aromatic N) is 4. The minimum Gasteiger partial charge on any atom is -0.352 e. The molecule has 1 aliphatic rings. The topological polar surface area (TPSA) is 80.1 Å². The van der Waals surface area contributed by atoms with Gasteiger partial charge in [-0.3, -0.25) is 19.3 Å². The second kappa shape index (κ2) is 6.13. The SMILES string of the molecule is CC(=O)N1CCC(NC(=O)Cn2ncc3ncccc32)CC1. The van der Waals surface area contributed by atoms with Crippen LogP contribution in [0.2, 0.25) is 0 Å². The Morgan fingerprint density at radius 1 is 1.36 bits per heavy atom. The quantitative estimate of drug-likeness (QED) is 0.898. The van der Waals surface area contributed by atoms with Crippen molar-refractivity contribution in [2.24, 2.45) is 0 Å². The molecule has 0 bridgehead atoms. The number of piperidine rings is 1. The van der Waals surface area contributed by atoms with E-state index in [0.29, 0.717) is 13.1 Å². The molecular formula is C15H19N5O2. The fraction of sp³-hybridized carbons (Fsp3) is 0.467. The molecule has 3 rings (SSSR count). The molecule has 0 atom stereocenters. The van der Waals surface area contributed by atoms with Crippen LogP contribution in [0, 0.1) is 0 Å². The lowest BCUT2D eigenvalue weighted by molar-refractivity contribution is -0.130. The van der Waals surface area contributed by atoms with E-state index in [9.17, 15) is 9.59 Å². The Morgan fingerprint density at radius 2 is 2.14 bits per heavy atom. The van der Waals surface area contributed by atoms with E-state index < -0.39 is 0 Å². The lowest BCUT2D eigenvalue weighted by Crippen LogP contribution is -2.46. The molecule has 1 fully saturated rings. The smallest absolute Gasteiger partial charge is 0.241 e. The monoisotopic (exact) mass is 301 g/mol. The Labute approximate surface area is 128 Å². The van der Waals surface area contributed by atoms with E-state index in [2.05, 4.69) is 15.4 Å². The Morgan fingerprint density at radius 3 is 2.86 bits per heavy atom. The first kappa shape index (κ1) is 14.5. The first-order valence-corrected chi connectivity index (χ1v) is 7.45. The number of rotatable bonds is 3. The highest BCUT2D eigenvalue weighted by Crippen LogP contribution is 2.12. The van der Waals surface area contributed by atoms with Gasteiger partial charge in [-0.05, 0) is 25.0 Å². The molecule has 1 N–H and O–H groups in total. The molecule has 7 nitrogen and oxygen atoms in total. The van der Waals surface area contributed by atoms with Crippen molar-refractivity contribution >= 4 is 22.8 Å². The standard InChI is InChI=1S/C15H19N5O2/c1-11(21)19-7-4-12(5-8-19)18-15(22)10-20-14-3-2-6-16-13(14)9-17-20/h2-3,6,9,12H,4-5,7-8,10H2,1H3,(H,18,22). The fourth-order valence-corrected chi connectivity index (χ4v) is 2.79. The van der Waals surface area contributed by atoms with Crippen LogP contribution >= 0.6 is 0 Å². The van der Waals surface area contributed by atoms with Gasteiger partial charge in [-0.1, -0.05) is 0 Å². The van der Waals surface area contributed by atoms with Gasteiger partial charge in [-0.15, -0.1) is 0 Å². The van der Waals surface area contributed by atoms with Gasteiger partial charge in [-0.25, -0.2) is 0 Å². The summed E-state index contributed by atoms with van der Waals surface area (Å²) < 4.78 is 1.66. The number of carbonyl (C=O) groups is 2. The maximum absolute atomic E-state index is 12.2. The van der Waals surface area contributed by atoms with Gasteiger partial charge >= 0.3 is 0 Å². The maximum Gasteiger partial charge on any atom is 0.241 e. The van der Waals surface area contributed by atoms with Gasteiger partial charge in [-0.2, -0.15) is 5.10 Å².